The molecule has 2 atom stereocenters. The molecule has 0 spiro atoms. The van der Waals surface area contributed by atoms with Gasteiger partial charge in [-0.2, -0.15) is 0 Å². The van der Waals surface area contributed by atoms with E-state index < -0.39 is 6.29 Å². The monoisotopic (exact) mass is 407 g/mol. The van der Waals surface area contributed by atoms with Gasteiger partial charge in [-0.3, -0.25) is 4.79 Å². The number of benzene rings is 2. The molecular weight excluding hydrogens is 382 g/mol. The van der Waals surface area contributed by atoms with Crippen molar-refractivity contribution in [3.8, 4) is 18.1 Å². The van der Waals surface area contributed by atoms with Crippen LogP contribution in [0.15, 0.2) is 60.4 Å². The van der Waals surface area contributed by atoms with Crippen LogP contribution in [0.3, 0.4) is 0 Å². The van der Waals surface area contributed by atoms with E-state index in [0.29, 0.717) is 13.0 Å². The van der Waals surface area contributed by atoms with Gasteiger partial charge in [0.1, 0.15) is 5.75 Å². The Morgan fingerprint density at radius 2 is 1.90 bits per heavy atom. The molecule has 0 saturated heterocycles. The van der Waals surface area contributed by atoms with E-state index in [-0.39, 0.29) is 30.7 Å². The summed E-state index contributed by atoms with van der Waals surface area (Å²) in [6, 6.07) is 15.2. The first kappa shape index (κ1) is 21.4. The number of nitrogens with one attached hydrogen (secondary N) is 1. The number of allylic oxidation sites excluding steroid dienone is 1. The molecule has 2 aromatic rings. The standard InChI is InChI=1S/C24H25NO5/c1-3-12-25-24(27)22-13-20(19-8-10-21(28-2)11-9-19)14-23(30-22)29-16-18-6-4-17(15-26)5-7-18/h1,4-11,13,20,23,26H,12,14-16H2,2H3,(H,25,27)/t20-,23+/m0/s1. The minimum atomic E-state index is -0.591. The smallest absolute Gasteiger partial charge is 0.286 e. The number of terminal acetylenes is 1. The Labute approximate surface area is 176 Å². The maximum absolute atomic E-state index is 12.4. The molecule has 0 saturated carbocycles. The maximum atomic E-state index is 12.4. The summed E-state index contributed by atoms with van der Waals surface area (Å²) in [5.74, 6) is 2.91. The summed E-state index contributed by atoms with van der Waals surface area (Å²) in [5, 5.41) is 11.8. The second-order valence-electron chi connectivity index (χ2n) is 6.87. The predicted octanol–water partition coefficient (Wildman–Crippen LogP) is 2.87. The zero-order valence-corrected chi connectivity index (χ0v) is 16.8. The minimum absolute atomic E-state index is 0.00264. The predicted molar refractivity (Wildman–Crippen MR) is 112 cm³/mol. The Balaban J connectivity index is 1.73. The van der Waals surface area contributed by atoms with Gasteiger partial charge in [0.2, 0.25) is 6.29 Å². The number of carbonyl (C=O) groups is 1. The number of aliphatic hydroxyl groups is 1. The van der Waals surface area contributed by atoms with Crippen LogP contribution in [-0.4, -0.2) is 31.0 Å². The third-order valence-corrected chi connectivity index (χ3v) is 4.82. The van der Waals surface area contributed by atoms with Crippen molar-refractivity contribution in [2.24, 2.45) is 0 Å². The molecule has 0 aliphatic carbocycles. The molecule has 2 N–H and O–H groups in total. The van der Waals surface area contributed by atoms with Gasteiger partial charge in [0, 0.05) is 12.3 Å². The van der Waals surface area contributed by atoms with Crippen molar-refractivity contribution in [2.45, 2.75) is 31.8 Å². The van der Waals surface area contributed by atoms with Gasteiger partial charge in [0.05, 0.1) is 26.9 Å². The van der Waals surface area contributed by atoms with Crippen molar-refractivity contribution in [3.05, 3.63) is 77.1 Å². The quantitative estimate of drug-likeness (QED) is 0.658. The molecule has 6 nitrogen and oxygen atoms in total. The minimum Gasteiger partial charge on any atom is -0.497 e. The lowest BCUT2D eigenvalue weighted by Gasteiger charge is -2.29. The second kappa shape index (κ2) is 10.5. The van der Waals surface area contributed by atoms with Crippen molar-refractivity contribution >= 4 is 5.91 Å². The average Bonchev–Trinajstić information content (AvgIpc) is 2.81. The average molecular weight is 407 g/mol. The highest BCUT2D eigenvalue weighted by Gasteiger charge is 2.28. The number of hydrogen-bond acceptors (Lipinski definition) is 5. The van der Waals surface area contributed by atoms with E-state index in [2.05, 4.69) is 11.2 Å². The van der Waals surface area contributed by atoms with E-state index in [1.54, 1.807) is 13.2 Å². The lowest BCUT2D eigenvalue weighted by Crippen LogP contribution is -2.33. The van der Waals surface area contributed by atoms with Gasteiger partial charge in [-0.1, -0.05) is 42.3 Å². The molecule has 1 aliphatic rings. The first-order valence-electron chi connectivity index (χ1n) is 9.67. The highest BCUT2D eigenvalue weighted by atomic mass is 16.7. The Morgan fingerprint density at radius 3 is 2.53 bits per heavy atom. The molecule has 3 rings (SSSR count). The number of amides is 1. The van der Waals surface area contributed by atoms with E-state index in [4.69, 9.17) is 25.7 Å². The van der Waals surface area contributed by atoms with Crippen LogP contribution in [0.25, 0.3) is 0 Å². The van der Waals surface area contributed by atoms with Crippen LogP contribution in [0.4, 0.5) is 0 Å². The largest absolute Gasteiger partial charge is 0.497 e. The molecule has 0 unspecified atom stereocenters. The van der Waals surface area contributed by atoms with Crippen LogP contribution in [0.2, 0.25) is 0 Å². The van der Waals surface area contributed by atoms with E-state index in [0.717, 1.165) is 22.4 Å². The Kier molecular flexibility index (Phi) is 7.50. The Bertz CT molecular complexity index is 912. The summed E-state index contributed by atoms with van der Waals surface area (Å²) in [4.78, 5) is 12.4. The molecule has 0 fully saturated rings. The lowest BCUT2D eigenvalue weighted by atomic mass is 9.93. The number of ether oxygens (including phenoxy) is 3. The third kappa shape index (κ3) is 5.63. The molecule has 30 heavy (non-hydrogen) atoms. The third-order valence-electron chi connectivity index (χ3n) is 4.82. The van der Waals surface area contributed by atoms with Crippen molar-refractivity contribution < 1.29 is 24.1 Å². The Hall–Kier alpha value is -3.27. The van der Waals surface area contributed by atoms with Gasteiger partial charge in [-0.15, -0.1) is 6.42 Å². The van der Waals surface area contributed by atoms with E-state index >= 15 is 0 Å². The zero-order valence-electron chi connectivity index (χ0n) is 16.8. The SMILES string of the molecule is C#CCNC(=O)C1=C[C@H](c2ccc(OC)cc2)C[C@H](OCc2ccc(CO)cc2)O1. The summed E-state index contributed by atoms with van der Waals surface area (Å²) in [6.45, 7) is 0.442. The van der Waals surface area contributed by atoms with Gasteiger partial charge >= 0.3 is 0 Å². The fraction of sp³-hybridized carbons (Fsp3) is 0.292. The first-order chi connectivity index (χ1) is 14.6. The molecule has 6 heteroatoms. The van der Waals surface area contributed by atoms with Crippen LogP contribution < -0.4 is 10.1 Å². The zero-order chi connectivity index (χ0) is 21.3. The van der Waals surface area contributed by atoms with Crippen molar-refractivity contribution in [2.75, 3.05) is 13.7 Å². The molecule has 1 amide bonds. The normalized spacial score (nSPS) is 18.0. The Morgan fingerprint density at radius 1 is 1.20 bits per heavy atom. The van der Waals surface area contributed by atoms with Crippen molar-refractivity contribution in [1.82, 2.24) is 5.32 Å². The van der Waals surface area contributed by atoms with Crippen LogP contribution >= 0.6 is 0 Å². The van der Waals surface area contributed by atoms with Crippen LogP contribution in [0.1, 0.15) is 29.0 Å². The molecule has 1 heterocycles. The molecule has 0 aromatic heterocycles. The maximum Gasteiger partial charge on any atom is 0.286 e. The lowest BCUT2D eigenvalue weighted by molar-refractivity contribution is -0.150. The van der Waals surface area contributed by atoms with E-state index in [9.17, 15) is 4.79 Å². The topological polar surface area (TPSA) is 77.0 Å². The van der Waals surface area contributed by atoms with E-state index in [1.807, 2.05) is 48.5 Å². The van der Waals surface area contributed by atoms with Gasteiger partial charge in [-0.05, 0) is 34.9 Å². The first-order valence-corrected chi connectivity index (χ1v) is 9.67. The van der Waals surface area contributed by atoms with Crippen LogP contribution in [-0.2, 0) is 27.5 Å². The summed E-state index contributed by atoms with van der Waals surface area (Å²) >= 11 is 0. The highest BCUT2D eigenvalue weighted by molar-refractivity contribution is 5.91. The van der Waals surface area contributed by atoms with Gasteiger partial charge in [0.15, 0.2) is 5.76 Å². The number of carbonyl (C=O) groups excluding carboxylic acids is 1. The number of methoxy groups -OCH3 is 1. The summed E-state index contributed by atoms with van der Waals surface area (Å²) in [5.41, 5.74) is 2.81. The van der Waals surface area contributed by atoms with E-state index in [1.165, 1.54) is 0 Å². The summed E-state index contributed by atoms with van der Waals surface area (Å²) < 4.78 is 17.0. The second-order valence-corrected chi connectivity index (χ2v) is 6.87. The molecular formula is C24H25NO5. The van der Waals surface area contributed by atoms with Gasteiger partial charge in [0.25, 0.3) is 5.91 Å². The van der Waals surface area contributed by atoms with Crippen molar-refractivity contribution in [1.29, 1.82) is 0 Å². The van der Waals surface area contributed by atoms with Crippen LogP contribution in [0, 0.1) is 12.3 Å². The molecule has 156 valence electrons. The molecule has 2 aromatic carbocycles. The van der Waals surface area contributed by atoms with Gasteiger partial charge in [-0.25, -0.2) is 0 Å². The highest BCUT2D eigenvalue weighted by Crippen LogP contribution is 2.32. The fourth-order valence-corrected chi connectivity index (χ4v) is 3.15. The summed E-state index contributed by atoms with van der Waals surface area (Å²) in [6.07, 6.45) is 7.00. The summed E-state index contributed by atoms with van der Waals surface area (Å²) in [7, 11) is 1.62. The number of aliphatic hydroxyl groups excluding tert-OH is 1. The number of rotatable bonds is 8. The van der Waals surface area contributed by atoms with Gasteiger partial charge < -0.3 is 24.6 Å². The molecule has 0 radical (unpaired) electrons. The van der Waals surface area contributed by atoms with Crippen LogP contribution in [0.5, 0.6) is 5.75 Å². The fourth-order valence-electron chi connectivity index (χ4n) is 3.15. The van der Waals surface area contributed by atoms with Crippen molar-refractivity contribution in [3.63, 3.8) is 0 Å². The molecule has 1 aliphatic heterocycles. The molecule has 0 bridgehead atoms. The number of hydrogen-bond donors (Lipinski definition) is 2.